The van der Waals surface area contributed by atoms with E-state index in [9.17, 15) is 9.18 Å². The average Bonchev–Trinajstić information content (AvgIpc) is 2.49. The quantitative estimate of drug-likeness (QED) is 0.909. The number of benzene rings is 1. The molecule has 0 atom stereocenters. The Hall–Kier alpha value is -2.13. The molecule has 1 aromatic rings. The van der Waals surface area contributed by atoms with E-state index in [2.05, 4.69) is 11.4 Å². The first kappa shape index (κ1) is 15.3. The van der Waals surface area contributed by atoms with Gasteiger partial charge in [0.15, 0.2) is 0 Å². The first-order valence-corrected chi connectivity index (χ1v) is 6.91. The molecule has 21 heavy (non-hydrogen) atoms. The third-order valence-electron chi connectivity index (χ3n) is 3.75. The summed E-state index contributed by atoms with van der Waals surface area (Å²) in [6.07, 6.45) is 0. The zero-order valence-electron chi connectivity index (χ0n) is 12.3. The number of amides is 2. The van der Waals surface area contributed by atoms with Gasteiger partial charge in [-0.15, -0.1) is 0 Å². The number of urea groups is 1. The van der Waals surface area contributed by atoms with Crippen LogP contribution < -0.4 is 5.32 Å². The number of hydrogen-bond donors (Lipinski definition) is 1. The molecule has 2 amide bonds. The Kier molecular flexibility index (Phi) is 4.43. The summed E-state index contributed by atoms with van der Waals surface area (Å²) in [5.41, 5.74) is -0.351. The van der Waals surface area contributed by atoms with Gasteiger partial charge in [-0.2, -0.15) is 5.26 Å². The Balaban J connectivity index is 1.92. The smallest absolute Gasteiger partial charge is 0.322 e. The summed E-state index contributed by atoms with van der Waals surface area (Å²) < 4.78 is 13.5. The lowest BCUT2D eigenvalue weighted by Gasteiger charge is -2.40. The summed E-state index contributed by atoms with van der Waals surface area (Å²) in [6.45, 7) is 6.03. The highest BCUT2D eigenvalue weighted by Crippen LogP contribution is 2.17. The number of carbonyl (C=O) groups is 1. The van der Waals surface area contributed by atoms with Crippen molar-refractivity contribution in [3.05, 3.63) is 30.1 Å². The van der Waals surface area contributed by atoms with E-state index in [0.717, 1.165) is 0 Å². The Bertz CT molecular complexity index is 559. The fourth-order valence-electron chi connectivity index (χ4n) is 2.30. The highest BCUT2D eigenvalue weighted by molar-refractivity contribution is 5.89. The molecule has 1 saturated heterocycles. The topological polar surface area (TPSA) is 59.4 Å². The van der Waals surface area contributed by atoms with E-state index >= 15 is 0 Å². The Morgan fingerprint density at radius 3 is 2.48 bits per heavy atom. The summed E-state index contributed by atoms with van der Waals surface area (Å²) in [5, 5.41) is 11.7. The number of carbonyl (C=O) groups excluding carboxylic acids is 1. The van der Waals surface area contributed by atoms with Gasteiger partial charge in [0.25, 0.3) is 0 Å². The van der Waals surface area contributed by atoms with E-state index < -0.39 is 11.4 Å². The maximum absolute atomic E-state index is 13.5. The minimum absolute atomic E-state index is 0.183. The second kappa shape index (κ2) is 6.10. The van der Waals surface area contributed by atoms with E-state index in [4.69, 9.17) is 5.26 Å². The summed E-state index contributed by atoms with van der Waals surface area (Å²) in [4.78, 5) is 15.8. The molecule has 0 saturated carbocycles. The van der Waals surface area contributed by atoms with Crippen LogP contribution in [0.1, 0.15) is 13.8 Å². The zero-order valence-corrected chi connectivity index (χ0v) is 12.3. The number of para-hydroxylation sites is 1. The van der Waals surface area contributed by atoms with Gasteiger partial charge in [-0.05, 0) is 26.0 Å². The van der Waals surface area contributed by atoms with E-state index in [0.29, 0.717) is 26.2 Å². The SMILES string of the molecule is CC(C)(C#N)N1CCN(C(=O)Nc2ccccc2F)CC1. The normalized spacial score (nSPS) is 16.4. The molecule has 0 unspecified atom stereocenters. The van der Waals surface area contributed by atoms with Gasteiger partial charge in [0, 0.05) is 26.2 Å². The highest BCUT2D eigenvalue weighted by atomic mass is 19.1. The van der Waals surface area contributed by atoms with Crippen molar-refractivity contribution in [3.8, 4) is 6.07 Å². The van der Waals surface area contributed by atoms with Crippen LogP contribution in [0.3, 0.4) is 0 Å². The first-order chi connectivity index (χ1) is 9.94. The number of nitrogens with zero attached hydrogens (tertiary/aromatic N) is 3. The van der Waals surface area contributed by atoms with Gasteiger partial charge in [-0.3, -0.25) is 4.90 Å². The molecular formula is C15H19FN4O. The molecule has 1 aliphatic rings. The van der Waals surface area contributed by atoms with Crippen molar-refractivity contribution >= 4 is 11.7 Å². The van der Waals surface area contributed by atoms with Crippen LogP contribution in [0.5, 0.6) is 0 Å². The molecule has 0 radical (unpaired) electrons. The largest absolute Gasteiger partial charge is 0.322 e. The lowest BCUT2D eigenvalue weighted by atomic mass is 10.0. The number of piperazine rings is 1. The van der Waals surface area contributed by atoms with Crippen molar-refractivity contribution in [1.29, 1.82) is 5.26 Å². The van der Waals surface area contributed by atoms with Crippen molar-refractivity contribution in [3.63, 3.8) is 0 Å². The van der Waals surface area contributed by atoms with Crippen LogP contribution in [-0.4, -0.2) is 47.5 Å². The third kappa shape index (κ3) is 3.50. The van der Waals surface area contributed by atoms with Crippen molar-refractivity contribution in [2.45, 2.75) is 19.4 Å². The molecule has 0 aliphatic carbocycles. The molecule has 5 nitrogen and oxygen atoms in total. The second-order valence-corrected chi connectivity index (χ2v) is 5.55. The van der Waals surface area contributed by atoms with Gasteiger partial charge >= 0.3 is 6.03 Å². The van der Waals surface area contributed by atoms with Crippen molar-refractivity contribution in [1.82, 2.24) is 9.80 Å². The Morgan fingerprint density at radius 1 is 1.29 bits per heavy atom. The van der Waals surface area contributed by atoms with E-state index in [-0.39, 0.29) is 11.7 Å². The molecular weight excluding hydrogens is 271 g/mol. The predicted molar refractivity (Wildman–Crippen MR) is 78.3 cm³/mol. The van der Waals surface area contributed by atoms with Crippen molar-refractivity contribution in [2.75, 3.05) is 31.5 Å². The second-order valence-electron chi connectivity index (χ2n) is 5.55. The number of nitriles is 1. The number of hydrogen-bond acceptors (Lipinski definition) is 3. The van der Waals surface area contributed by atoms with Crippen LogP contribution in [0.2, 0.25) is 0 Å². The maximum atomic E-state index is 13.5. The van der Waals surface area contributed by atoms with Gasteiger partial charge in [0.05, 0.1) is 11.8 Å². The van der Waals surface area contributed by atoms with Crippen LogP contribution in [0, 0.1) is 17.1 Å². The lowest BCUT2D eigenvalue weighted by molar-refractivity contribution is 0.0964. The van der Waals surface area contributed by atoms with Crippen LogP contribution in [0.15, 0.2) is 24.3 Å². The van der Waals surface area contributed by atoms with Gasteiger partial charge in [-0.25, -0.2) is 9.18 Å². The molecule has 1 aromatic carbocycles. The number of anilines is 1. The molecule has 112 valence electrons. The predicted octanol–water partition coefficient (Wildman–Crippen LogP) is 2.28. The first-order valence-electron chi connectivity index (χ1n) is 6.91. The average molecular weight is 290 g/mol. The van der Waals surface area contributed by atoms with Crippen molar-refractivity contribution < 1.29 is 9.18 Å². The van der Waals surface area contributed by atoms with Crippen LogP contribution in [0.4, 0.5) is 14.9 Å². The summed E-state index contributed by atoms with van der Waals surface area (Å²) >= 11 is 0. The Morgan fingerprint density at radius 2 is 1.90 bits per heavy atom. The molecule has 2 rings (SSSR count). The standard InChI is InChI=1S/C15H19FN4O/c1-15(2,11-17)20-9-7-19(8-10-20)14(21)18-13-6-4-3-5-12(13)16/h3-6H,7-10H2,1-2H3,(H,18,21). The highest BCUT2D eigenvalue weighted by Gasteiger charge is 2.31. The fourth-order valence-corrected chi connectivity index (χ4v) is 2.30. The maximum Gasteiger partial charge on any atom is 0.322 e. The number of rotatable bonds is 2. The van der Waals surface area contributed by atoms with Gasteiger partial charge in [-0.1, -0.05) is 12.1 Å². The summed E-state index contributed by atoms with van der Waals surface area (Å²) in [7, 11) is 0. The van der Waals surface area contributed by atoms with Gasteiger partial charge < -0.3 is 10.2 Å². The molecule has 1 fully saturated rings. The Labute approximate surface area is 123 Å². The molecule has 0 bridgehead atoms. The van der Waals surface area contributed by atoms with E-state index in [1.165, 1.54) is 12.1 Å². The minimum atomic E-state index is -0.534. The lowest BCUT2D eigenvalue weighted by Crippen LogP contribution is -2.55. The molecule has 0 aromatic heterocycles. The number of halogens is 1. The molecule has 1 heterocycles. The van der Waals surface area contributed by atoms with Crippen molar-refractivity contribution in [2.24, 2.45) is 0 Å². The number of nitrogens with one attached hydrogen (secondary N) is 1. The fraction of sp³-hybridized carbons (Fsp3) is 0.467. The molecule has 1 N–H and O–H groups in total. The molecule has 0 spiro atoms. The van der Waals surface area contributed by atoms with Gasteiger partial charge in [0.2, 0.25) is 0 Å². The monoisotopic (exact) mass is 290 g/mol. The minimum Gasteiger partial charge on any atom is -0.322 e. The third-order valence-corrected chi connectivity index (χ3v) is 3.75. The zero-order chi connectivity index (χ0) is 15.5. The van der Waals surface area contributed by atoms with E-state index in [1.54, 1.807) is 17.0 Å². The molecule has 1 aliphatic heterocycles. The van der Waals surface area contributed by atoms with Gasteiger partial charge in [0.1, 0.15) is 11.4 Å². The molecule has 6 heteroatoms. The van der Waals surface area contributed by atoms with Crippen LogP contribution >= 0.6 is 0 Å². The summed E-state index contributed by atoms with van der Waals surface area (Å²) in [5.74, 6) is -0.449. The van der Waals surface area contributed by atoms with Crippen LogP contribution in [0.25, 0.3) is 0 Å². The van der Waals surface area contributed by atoms with Crippen LogP contribution in [-0.2, 0) is 0 Å². The summed E-state index contributed by atoms with van der Waals surface area (Å²) in [6, 6.07) is 8.04. The van der Waals surface area contributed by atoms with E-state index in [1.807, 2.05) is 18.7 Å².